The summed E-state index contributed by atoms with van der Waals surface area (Å²) in [5.41, 5.74) is 2.36. The summed E-state index contributed by atoms with van der Waals surface area (Å²) in [5, 5.41) is 16.5. The van der Waals surface area contributed by atoms with Crippen molar-refractivity contribution in [3.05, 3.63) is 59.7 Å². The first-order chi connectivity index (χ1) is 12.7. The van der Waals surface area contributed by atoms with Crippen LogP contribution in [0.3, 0.4) is 0 Å². The molecule has 0 fully saturated rings. The predicted octanol–water partition coefficient (Wildman–Crippen LogP) is 2.92. The van der Waals surface area contributed by atoms with Gasteiger partial charge in [0, 0.05) is 36.4 Å². The minimum absolute atomic E-state index is 0.0223. The van der Waals surface area contributed by atoms with Crippen molar-refractivity contribution >= 4 is 16.7 Å². The molecule has 4 rings (SSSR count). The lowest BCUT2D eigenvalue weighted by molar-refractivity contribution is 0.0747. The average molecular weight is 350 g/mol. The highest BCUT2D eigenvalue weighted by atomic mass is 16.3. The Labute approximate surface area is 152 Å². The minimum atomic E-state index is -0.552. The van der Waals surface area contributed by atoms with Crippen molar-refractivity contribution in [3.8, 4) is 0 Å². The molecule has 1 aliphatic heterocycles. The van der Waals surface area contributed by atoms with Crippen LogP contribution in [-0.4, -0.2) is 37.2 Å². The van der Waals surface area contributed by atoms with Crippen LogP contribution in [0.1, 0.15) is 47.6 Å². The second-order valence-electron chi connectivity index (χ2n) is 6.69. The highest BCUT2D eigenvalue weighted by Gasteiger charge is 2.24. The minimum Gasteiger partial charge on any atom is -0.387 e. The van der Waals surface area contributed by atoms with E-state index >= 15 is 0 Å². The first kappa shape index (κ1) is 16.7. The van der Waals surface area contributed by atoms with Gasteiger partial charge < -0.3 is 10.0 Å². The van der Waals surface area contributed by atoms with Crippen LogP contribution in [0, 0.1) is 0 Å². The summed E-state index contributed by atoms with van der Waals surface area (Å²) in [6.45, 7) is 3.88. The summed E-state index contributed by atoms with van der Waals surface area (Å²) >= 11 is 0. The zero-order valence-corrected chi connectivity index (χ0v) is 14.8. The molecule has 0 saturated heterocycles. The van der Waals surface area contributed by atoms with Gasteiger partial charge in [0.1, 0.15) is 0 Å². The number of aryl methyl sites for hydroxylation is 1. The molecule has 26 heavy (non-hydrogen) atoms. The molecule has 6 heteroatoms. The van der Waals surface area contributed by atoms with Gasteiger partial charge in [0.25, 0.3) is 5.91 Å². The molecule has 1 atom stereocenters. The smallest absolute Gasteiger partial charge is 0.254 e. The monoisotopic (exact) mass is 350 g/mol. The Kier molecular flexibility index (Phi) is 4.42. The second-order valence-corrected chi connectivity index (χ2v) is 6.69. The van der Waals surface area contributed by atoms with E-state index in [0.717, 1.165) is 29.4 Å². The van der Waals surface area contributed by atoms with E-state index in [0.29, 0.717) is 30.8 Å². The molecule has 0 aliphatic carbocycles. The van der Waals surface area contributed by atoms with Crippen LogP contribution in [0.5, 0.6) is 0 Å². The van der Waals surface area contributed by atoms with E-state index in [9.17, 15) is 9.90 Å². The molecule has 0 saturated carbocycles. The van der Waals surface area contributed by atoms with E-state index < -0.39 is 6.10 Å². The quantitative estimate of drug-likeness (QED) is 0.788. The van der Waals surface area contributed by atoms with Crippen LogP contribution >= 0.6 is 0 Å². The largest absolute Gasteiger partial charge is 0.387 e. The molecule has 6 nitrogen and oxygen atoms in total. The summed E-state index contributed by atoms with van der Waals surface area (Å²) in [6, 6.07) is 9.55. The zero-order valence-electron chi connectivity index (χ0n) is 14.8. The van der Waals surface area contributed by atoms with Gasteiger partial charge in [0.05, 0.1) is 24.0 Å². The molecule has 134 valence electrons. The molecule has 1 amide bonds. The van der Waals surface area contributed by atoms with Crippen molar-refractivity contribution < 1.29 is 9.90 Å². The molecule has 0 unspecified atom stereocenters. The molecular formula is C20H22N4O2. The Morgan fingerprint density at radius 1 is 1.31 bits per heavy atom. The standard InChI is InChI=1S/C20H22N4O2/c1-2-19(25)18-11-15-13-23(9-4-10-24(15)22-18)20(26)17-6-3-5-14-12-21-8-7-16(14)17/h3,5-8,11-12,19,25H,2,4,9-10,13H2,1H3/t19-/m1/s1. The van der Waals surface area contributed by atoms with Crippen LogP contribution < -0.4 is 0 Å². The summed E-state index contributed by atoms with van der Waals surface area (Å²) in [4.78, 5) is 19.2. The van der Waals surface area contributed by atoms with E-state index in [-0.39, 0.29) is 5.91 Å². The highest BCUT2D eigenvalue weighted by molar-refractivity contribution is 6.06. The number of aromatic nitrogens is 3. The maximum Gasteiger partial charge on any atom is 0.254 e. The fourth-order valence-corrected chi connectivity index (χ4v) is 3.51. The molecule has 0 spiro atoms. The number of benzene rings is 1. The molecule has 3 heterocycles. The molecule has 0 bridgehead atoms. The van der Waals surface area contributed by atoms with Crippen LogP contribution in [0.2, 0.25) is 0 Å². The average Bonchev–Trinajstić information content (AvgIpc) is 2.98. The lowest BCUT2D eigenvalue weighted by Crippen LogP contribution is -2.30. The number of aliphatic hydroxyl groups is 1. The maximum atomic E-state index is 13.2. The lowest BCUT2D eigenvalue weighted by atomic mass is 10.1. The molecule has 1 N–H and O–H groups in total. The third kappa shape index (κ3) is 2.97. The van der Waals surface area contributed by atoms with Crippen LogP contribution in [-0.2, 0) is 13.1 Å². The number of aliphatic hydroxyl groups excluding tert-OH is 1. The summed E-state index contributed by atoms with van der Waals surface area (Å²) in [7, 11) is 0. The second kappa shape index (κ2) is 6.88. The number of hydrogen-bond acceptors (Lipinski definition) is 4. The zero-order chi connectivity index (χ0) is 18.1. The number of amides is 1. The van der Waals surface area contributed by atoms with Gasteiger partial charge >= 0.3 is 0 Å². The van der Waals surface area contributed by atoms with E-state index in [1.165, 1.54) is 0 Å². The number of carbonyl (C=O) groups is 1. The number of carbonyl (C=O) groups excluding carboxylic acids is 1. The first-order valence-corrected chi connectivity index (χ1v) is 9.04. The topological polar surface area (TPSA) is 71.2 Å². The van der Waals surface area contributed by atoms with Crippen LogP contribution in [0.4, 0.5) is 0 Å². The van der Waals surface area contributed by atoms with Gasteiger partial charge in [-0.3, -0.25) is 14.5 Å². The predicted molar refractivity (Wildman–Crippen MR) is 98.6 cm³/mol. The third-order valence-corrected chi connectivity index (χ3v) is 4.96. The molecular weight excluding hydrogens is 328 g/mol. The van der Waals surface area contributed by atoms with Gasteiger partial charge in [0.2, 0.25) is 0 Å². The summed E-state index contributed by atoms with van der Waals surface area (Å²) in [5.74, 6) is 0.0223. The van der Waals surface area contributed by atoms with Crippen LogP contribution in [0.25, 0.3) is 10.8 Å². The lowest BCUT2D eigenvalue weighted by Gasteiger charge is -2.21. The number of pyridine rings is 1. The van der Waals surface area contributed by atoms with E-state index in [1.807, 2.05) is 46.8 Å². The van der Waals surface area contributed by atoms with Gasteiger partial charge in [0.15, 0.2) is 0 Å². The van der Waals surface area contributed by atoms with Gasteiger partial charge in [-0.15, -0.1) is 0 Å². The number of hydrogen-bond donors (Lipinski definition) is 1. The normalized spacial score (nSPS) is 15.5. The van der Waals surface area contributed by atoms with E-state index in [2.05, 4.69) is 10.1 Å². The molecule has 0 radical (unpaired) electrons. The van der Waals surface area contributed by atoms with E-state index in [4.69, 9.17) is 0 Å². The Morgan fingerprint density at radius 3 is 3.04 bits per heavy atom. The molecule has 1 aliphatic rings. The Bertz CT molecular complexity index is 945. The van der Waals surface area contributed by atoms with E-state index in [1.54, 1.807) is 12.4 Å². The van der Waals surface area contributed by atoms with Crippen molar-refractivity contribution in [3.63, 3.8) is 0 Å². The summed E-state index contributed by atoms with van der Waals surface area (Å²) < 4.78 is 1.93. The fraction of sp³-hybridized carbons (Fsp3) is 0.350. The SMILES string of the molecule is CC[C@@H](O)c1cc2n(n1)CCCN(C(=O)c1cccc3cnccc13)C2. The van der Waals surface area contributed by atoms with Crippen molar-refractivity contribution in [1.82, 2.24) is 19.7 Å². The van der Waals surface area contributed by atoms with Crippen LogP contribution in [0.15, 0.2) is 42.7 Å². The van der Waals surface area contributed by atoms with Gasteiger partial charge in [-0.2, -0.15) is 5.10 Å². The molecule has 2 aromatic heterocycles. The Balaban J connectivity index is 1.65. The first-order valence-electron chi connectivity index (χ1n) is 9.04. The maximum absolute atomic E-state index is 13.2. The molecule has 1 aromatic carbocycles. The highest BCUT2D eigenvalue weighted by Crippen LogP contribution is 2.23. The third-order valence-electron chi connectivity index (χ3n) is 4.96. The van der Waals surface area contributed by atoms with Gasteiger partial charge in [-0.05, 0) is 36.4 Å². The van der Waals surface area contributed by atoms with Crippen molar-refractivity contribution in [2.45, 2.75) is 39.0 Å². The van der Waals surface area contributed by atoms with Gasteiger partial charge in [-0.1, -0.05) is 19.1 Å². The van der Waals surface area contributed by atoms with Gasteiger partial charge in [-0.25, -0.2) is 0 Å². The number of nitrogens with zero attached hydrogens (tertiary/aromatic N) is 4. The summed E-state index contributed by atoms with van der Waals surface area (Å²) in [6.07, 6.45) is 4.42. The van der Waals surface area contributed by atoms with Crippen molar-refractivity contribution in [1.29, 1.82) is 0 Å². The Hall–Kier alpha value is -2.73. The number of rotatable bonds is 3. The number of fused-ring (bicyclic) bond motifs is 2. The molecule has 3 aromatic rings. The fourth-order valence-electron chi connectivity index (χ4n) is 3.51. The van der Waals surface area contributed by atoms with Crippen molar-refractivity contribution in [2.75, 3.05) is 6.54 Å². The van der Waals surface area contributed by atoms with Crippen molar-refractivity contribution in [2.24, 2.45) is 0 Å². The Morgan fingerprint density at radius 2 is 2.19 bits per heavy atom.